The summed E-state index contributed by atoms with van der Waals surface area (Å²) in [6.45, 7) is 4.35. The van der Waals surface area contributed by atoms with Crippen LogP contribution in [0.2, 0.25) is 0 Å². The molecule has 2 unspecified atom stereocenters. The minimum atomic E-state index is -0.706. The second kappa shape index (κ2) is 34.2. The van der Waals surface area contributed by atoms with E-state index in [4.69, 9.17) is 9.84 Å². The Kier molecular flexibility index (Phi) is 32.2. The Morgan fingerprint density at radius 1 is 0.578 bits per heavy atom. The smallest absolute Gasteiger partial charge is 0.306 e. The molecule has 2 atom stereocenters. The monoisotopic (exact) mass is 626 g/mol. The van der Waals surface area contributed by atoms with Crippen LogP contribution in [0.1, 0.15) is 155 Å². The van der Waals surface area contributed by atoms with Crippen molar-refractivity contribution in [2.24, 2.45) is 0 Å². The number of unbranched alkanes of at least 4 members (excludes halogenated alkanes) is 12. The maximum atomic E-state index is 12.5. The highest BCUT2D eigenvalue weighted by atomic mass is 16.5. The molecule has 0 aliphatic rings. The predicted octanol–water partition coefficient (Wildman–Crippen LogP) is 11.3. The van der Waals surface area contributed by atoms with Gasteiger partial charge in [0.1, 0.15) is 6.10 Å². The first-order valence-corrected chi connectivity index (χ1v) is 18.1. The number of carbonyl (C=O) groups is 2. The first-order chi connectivity index (χ1) is 22.0. The minimum Gasteiger partial charge on any atom is -0.481 e. The first kappa shape index (κ1) is 42.3. The topological polar surface area (TPSA) is 83.8 Å². The van der Waals surface area contributed by atoms with Gasteiger partial charge in [-0.05, 0) is 76.7 Å². The quantitative estimate of drug-likeness (QED) is 0.0346. The van der Waals surface area contributed by atoms with Gasteiger partial charge in [0.25, 0.3) is 0 Å². The summed E-state index contributed by atoms with van der Waals surface area (Å²) in [5.74, 6) is -0.798. The van der Waals surface area contributed by atoms with Crippen LogP contribution in [0.15, 0.2) is 72.9 Å². The summed E-state index contributed by atoms with van der Waals surface area (Å²) < 4.78 is 5.80. The van der Waals surface area contributed by atoms with Gasteiger partial charge >= 0.3 is 11.9 Å². The van der Waals surface area contributed by atoms with Crippen LogP contribution in [0.4, 0.5) is 0 Å². The zero-order valence-corrected chi connectivity index (χ0v) is 28.8. The van der Waals surface area contributed by atoms with Crippen molar-refractivity contribution in [1.82, 2.24) is 0 Å². The number of hydrogen-bond acceptors (Lipinski definition) is 4. The molecule has 0 amide bonds. The van der Waals surface area contributed by atoms with Crippen molar-refractivity contribution in [3.8, 4) is 0 Å². The fraction of sp³-hybridized carbons (Fsp3) is 0.650. The standard InChI is InChI=1S/C40H66O5/c1-3-5-25-31-37(41)32-27-21-17-13-9-7-12-16-20-24-30-36-40(44)45-38(33-26-6-4-2)34-28-22-18-14-10-8-11-15-19-23-29-35-39(42)43/h7-10,17-18,21-22,27-28,32,34,37-38,41H,3-6,11-16,19-20,23-26,29-31,33,35-36H2,1-2H3,(H,42,43). The normalized spacial score (nSPS) is 13.8. The Morgan fingerprint density at radius 2 is 1.11 bits per heavy atom. The molecule has 0 aromatic heterocycles. The molecule has 2 N–H and O–H groups in total. The number of allylic oxidation sites excluding steroid dienone is 10. The van der Waals surface area contributed by atoms with Crippen LogP contribution in [0.3, 0.4) is 0 Å². The molecule has 0 bridgehead atoms. The fourth-order valence-electron chi connectivity index (χ4n) is 4.77. The van der Waals surface area contributed by atoms with Gasteiger partial charge in [-0.1, -0.05) is 138 Å². The number of hydrogen-bond donors (Lipinski definition) is 2. The van der Waals surface area contributed by atoms with Crippen molar-refractivity contribution in [1.29, 1.82) is 0 Å². The first-order valence-electron chi connectivity index (χ1n) is 18.1. The van der Waals surface area contributed by atoms with Gasteiger partial charge in [0.15, 0.2) is 0 Å². The minimum absolute atomic E-state index is 0.0924. The predicted molar refractivity (Wildman–Crippen MR) is 191 cm³/mol. The van der Waals surface area contributed by atoms with Crippen LogP contribution in [0.5, 0.6) is 0 Å². The Morgan fingerprint density at radius 3 is 1.69 bits per heavy atom. The van der Waals surface area contributed by atoms with Gasteiger partial charge in [-0.3, -0.25) is 9.59 Å². The summed E-state index contributed by atoms with van der Waals surface area (Å²) in [5.41, 5.74) is 0. The maximum absolute atomic E-state index is 12.5. The molecule has 0 radical (unpaired) electrons. The largest absolute Gasteiger partial charge is 0.481 e. The third-order valence-electron chi connectivity index (χ3n) is 7.52. The van der Waals surface area contributed by atoms with E-state index in [0.29, 0.717) is 6.42 Å². The third kappa shape index (κ3) is 34.1. The summed E-state index contributed by atoms with van der Waals surface area (Å²) >= 11 is 0. The lowest BCUT2D eigenvalue weighted by molar-refractivity contribution is -0.147. The number of carboxylic acids is 1. The number of aliphatic carboxylic acids is 1. The lowest BCUT2D eigenvalue weighted by Crippen LogP contribution is -2.16. The molecule has 0 fully saturated rings. The Hall–Kier alpha value is -2.66. The molecular formula is C40H66O5. The van der Waals surface area contributed by atoms with Gasteiger partial charge in [0, 0.05) is 12.8 Å². The zero-order valence-electron chi connectivity index (χ0n) is 28.8. The van der Waals surface area contributed by atoms with Crippen LogP contribution in [-0.2, 0) is 14.3 Å². The number of rotatable bonds is 31. The molecule has 0 aliphatic heterocycles. The molecule has 0 aromatic carbocycles. The highest BCUT2D eigenvalue weighted by Gasteiger charge is 2.11. The number of ether oxygens (including phenoxy) is 1. The molecule has 0 heterocycles. The molecule has 0 aliphatic carbocycles. The van der Waals surface area contributed by atoms with Gasteiger partial charge in [-0.15, -0.1) is 0 Å². The van der Waals surface area contributed by atoms with E-state index in [0.717, 1.165) is 116 Å². The van der Waals surface area contributed by atoms with Gasteiger partial charge in [0.2, 0.25) is 0 Å². The van der Waals surface area contributed by atoms with Crippen LogP contribution in [-0.4, -0.2) is 34.4 Å². The van der Waals surface area contributed by atoms with E-state index < -0.39 is 5.97 Å². The van der Waals surface area contributed by atoms with Crippen molar-refractivity contribution < 1.29 is 24.5 Å². The molecule has 0 rings (SSSR count). The average Bonchev–Trinajstić information content (AvgIpc) is 3.01. The molecule has 0 saturated heterocycles. The van der Waals surface area contributed by atoms with Crippen molar-refractivity contribution in [2.75, 3.05) is 0 Å². The van der Waals surface area contributed by atoms with E-state index in [1.807, 2.05) is 36.5 Å². The molecular weight excluding hydrogens is 560 g/mol. The fourth-order valence-corrected chi connectivity index (χ4v) is 4.77. The number of aliphatic hydroxyl groups excluding tert-OH is 1. The van der Waals surface area contributed by atoms with Crippen LogP contribution >= 0.6 is 0 Å². The molecule has 45 heavy (non-hydrogen) atoms. The summed E-state index contributed by atoms with van der Waals surface area (Å²) in [5, 5.41) is 18.5. The van der Waals surface area contributed by atoms with Crippen LogP contribution < -0.4 is 0 Å². The summed E-state index contributed by atoms with van der Waals surface area (Å²) in [6.07, 6.45) is 45.6. The SMILES string of the molecule is CCCCCC(O)C=CC=CCC=CCCCCCCC(=O)OC(C=CC=CCC=CCCCCCCC(=O)O)CCCCC. The van der Waals surface area contributed by atoms with Gasteiger partial charge < -0.3 is 14.9 Å². The second-order valence-electron chi connectivity index (χ2n) is 11.9. The van der Waals surface area contributed by atoms with Gasteiger partial charge in [-0.2, -0.15) is 0 Å². The van der Waals surface area contributed by atoms with Crippen molar-refractivity contribution in [3.63, 3.8) is 0 Å². The molecule has 0 aromatic rings. The second-order valence-corrected chi connectivity index (χ2v) is 11.9. The molecule has 0 saturated carbocycles. The number of carbonyl (C=O) groups excluding carboxylic acids is 1. The Balaban J connectivity index is 4.06. The highest BCUT2D eigenvalue weighted by Crippen LogP contribution is 2.13. The molecule has 0 spiro atoms. The molecule has 5 nitrogen and oxygen atoms in total. The molecule has 256 valence electrons. The molecule has 5 heteroatoms. The number of esters is 1. The van der Waals surface area contributed by atoms with Crippen molar-refractivity contribution in [2.45, 2.75) is 167 Å². The highest BCUT2D eigenvalue weighted by molar-refractivity contribution is 5.69. The lowest BCUT2D eigenvalue weighted by Gasteiger charge is -2.14. The van der Waals surface area contributed by atoms with E-state index in [9.17, 15) is 14.7 Å². The summed E-state index contributed by atoms with van der Waals surface area (Å²) in [7, 11) is 0. The zero-order chi connectivity index (χ0) is 33.1. The van der Waals surface area contributed by atoms with E-state index in [1.165, 1.54) is 12.8 Å². The lowest BCUT2D eigenvalue weighted by atomic mass is 10.1. The van der Waals surface area contributed by atoms with E-state index in [1.54, 1.807) is 0 Å². The van der Waals surface area contributed by atoms with E-state index >= 15 is 0 Å². The Labute approximate surface area is 276 Å². The van der Waals surface area contributed by atoms with Crippen molar-refractivity contribution in [3.05, 3.63) is 72.9 Å². The Bertz CT molecular complexity index is 864. The van der Waals surface area contributed by atoms with Crippen LogP contribution in [0.25, 0.3) is 0 Å². The summed E-state index contributed by atoms with van der Waals surface area (Å²) in [4.78, 5) is 23.0. The van der Waals surface area contributed by atoms with Crippen LogP contribution in [0, 0.1) is 0 Å². The maximum Gasteiger partial charge on any atom is 0.306 e. The number of carboxylic acid groups (broad SMARTS) is 1. The average molecular weight is 627 g/mol. The van der Waals surface area contributed by atoms with Gasteiger partial charge in [0.05, 0.1) is 6.10 Å². The van der Waals surface area contributed by atoms with Gasteiger partial charge in [-0.25, -0.2) is 0 Å². The van der Waals surface area contributed by atoms with E-state index in [2.05, 4.69) is 50.3 Å². The third-order valence-corrected chi connectivity index (χ3v) is 7.52. The number of aliphatic hydroxyl groups is 1. The van der Waals surface area contributed by atoms with E-state index in [-0.39, 0.29) is 24.6 Å². The summed E-state index contributed by atoms with van der Waals surface area (Å²) in [6, 6.07) is 0. The van der Waals surface area contributed by atoms with Crippen molar-refractivity contribution >= 4 is 11.9 Å².